The molecule has 26 heavy (non-hydrogen) atoms. The molecule has 1 aliphatic heterocycles. The minimum absolute atomic E-state index is 0.0574. The third-order valence-electron chi connectivity index (χ3n) is 4.71. The van der Waals surface area contributed by atoms with E-state index in [1.807, 2.05) is 30.3 Å². The fraction of sp³-hybridized carbons (Fsp3) is 0.300. The van der Waals surface area contributed by atoms with Crippen molar-refractivity contribution in [1.82, 2.24) is 9.55 Å². The smallest absolute Gasteiger partial charge is 0.262 e. The van der Waals surface area contributed by atoms with Crippen LogP contribution in [0.15, 0.2) is 29.1 Å². The van der Waals surface area contributed by atoms with Gasteiger partial charge in [-0.05, 0) is 36.6 Å². The molecule has 0 unspecified atom stereocenters. The molecule has 0 fully saturated rings. The molecule has 0 aliphatic carbocycles. The van der Waals surface area contributed by atoms with Crippen LogP contribution in [0.5, 0.6) is 11.5 Å². The number of hydrogen-bond acceptors (Lipinski definition) is 5. The molecule has 3 heterocycles. The van der Waals surface area contributed by atoms with E-state index in [4.69, 9.17) is 14.5 Å². The van der Waals surface area contributed by atoms with Crippen LogP contribution in [0.4, 0.5) is 0 Å². The van der Waals surface area contributed by atoms with Crippen LogP contribution in [0.2, 0.25) is 0 Å². The first-order valence-corrected chi connectivity index (χ1v) is 9.43. The van der Waals surface area contributed by atoms with Crippen LogP contribution in [-0.4, -0.2) is 23.8 Å². The highest BCUT2D eigenvalue weighted by Gasteiger charge is 2.22. The maximum atomic E-state index is 12.8. The number of hydrogen-bond donors (Lipinski definition) is 0. The Balaban J connectivity index is 1.87. The third-order valence-corrected chi connectivity index (χ3v) is 5.88. The lowest BCUT2D eigenvalue weighted by atomic mass is 10.1. The van der Waals surface area contributed by atoms with E-state index < -0.39 is 0 Å². The number of nitrogens with zero attached hydrogens (tertiary/aromatic N) is 2. The van der Waals surface area contributed by atoms with Crippen molar-refractivity contribution in [3.63, 3.8) is 0 Å². The minimum atomic E-state index is 0.0574. The molecule has 0 saturated carbocycles. The molecule has 5 nitrogen and oxygen atoms in total. The summed E-state index contributed by atoms with van der Waals surface area (Å²) in [5.41, 5.74) is 2.02. The average Bonchev–Trinajstić information content (AvgIpc) is 3.26. The van der Waals surface area contributed by atoms with Crippen molar-refractivity contribution in [1.29, 1.82) is 0 Å². The van der Waals surface area contributed by atoms with Gasteiger partial charge in [0, 0.05) is 17.0 Å². The predicted octanol–water partition coefficient (Wildman–Crippen LogP) is 3.98. The van der Waals surface area contributed by atoms with Gasteiger partial charge in [-0.3, -0.25) is 9.36 Å². The van der Waals surface area contributed by atoms with Gasteiger partial charge >= 0.3 is 0 Å². The second-order valence-electron chi connectivity index (χ2n) is 6.18. The Bertz CT molecular complexity index is 1080. The zero-order chi connectivity index (χ0) is 18.3. The van der Waals surface area contributed by atoms with E-state index in [-0.39, 0.29) is 5.56 Å². The summed E-state index contributed by atoms with van der Waals surface area (Å²) in [4.78, 5) is 19.6. The molecule has 134 valence electrons. The molecule has 3 aromatic rings. The van der Waals surface area contributed by atoms with Crippen molar-refractivity contribution >= 4 is 33.2 Å². The number of benzene rings is 1. The Labute approximate surface area is 155 Å². The van der Waals surface area contributed by atoms with Gasteiger partial charge in [0.2, 0.25) is 0 Å². The van der Waals surface area contributed by atoms with E-state index in [0.717, 1.165) is 40.0 Å². The van der Waals surface area contributed by atoms with Gasteiger partial charge in [0.1, 0.15) is 10.7 Å². The molecule has 2 aromatic heterocycles. The van der Waals surface area contributed by atoms with Gasteiger partial charge in [-0.25, -0.2) is 4.98 Å². The van der Waals surface area contributed by atoms with Gasteiger partial charge < -0.3 is 9.47 Å². The maximum Gasteiger partial charge on any atom is 0.262 e. The highest BCUT2D eigenvalue weighted by Crippen LogP contribution is 2.35. The Kier molecular flexibility index (Phi) is 4.28. The largest absolute Gasteiger partial charge is 0.493 e. The number of para-hydroxylation sites is 1. The normalized spacial score (nSPS) is 14.8. The van der Waals surface area contributed by atoms with Crippen LogP contribution in [-0.2, 0) is 13.0 Å². The highest BCUT2D eigenvalue weighted by molar-refractivity contribution is 7.18. The number of aromatic nitrogens is 2. The monoisotopic (exact) mass is 368 g/mol. The van der Waals surface area contributed by atoms with Gasteiger partial charge in [-0.15, -0.1) is 11.3 Å². The van der Waals surface area contributed by atoms with Crippen LogP contribution >= 0.6 is 11.3 Å². The van der Waals surface area contributed by atoms with Crippen LogP contribution in [0, 0.1) is 0 Å². The van der Waals surface area contributed by atoms with E-state index in [1.165, 1.54) is 4.88 Å². The lowest BCUT2D eigenvalue weighted by Crippen LogP contribution is -2.19. The molecule has 1 aromatic carbocycles. The van der Waals surface area contributed by atoms with Crippen molar-refractivity contribution in [2.75, 3.05) is 14.2 Å². The molecule has 0 amide bonds. The first kappa shape index (κ1) is 16.8. The zero-order valence-corrected chi connectivity index (χ0v) is 15.9. The fourth-order valence-electron chi connectivity index (χ4n) is 3.39. The fourth-order valence-corrected chi connectivity index (χ4v) is 4.34. The van der Waals surface area contributed by atoms with Crippen LogP contribution < -0.4 is 15.0 Å². The summed E-state index contributed by atoms with van der Waals surface area (Å²) in [6, 6.07) is 7.76. The summed E-state index contributed by atoms with van der Waals surface area (Å²) >= 11 is 1.60. The van der Waals surface area contributed by atoms with Gasteiger partial charge in [-0.2, -0.15) is 0 Å². The van der Waals surface area contributed by atoms with Crippen molar-refractivity contribution in [3.05, 3.63) is 50.9 Å². The molecular weight excluding hydrogens is 348 g/mol. The van der Waals surface area contributed by atoms with Gasteiger partial charge in [0.05, 0.1) is 19.6 Å². The Morgan fingerprint density at radius 2 is 2.15 bits per heavy atom. The summed E-state index contributed by atoms with van der Waals surface area (Å²) in [6.45, 7) is 2.75. The predicted molar refractivity (Wildman–Crippen MR) is 105 cm³/mol. The number of ether oxygens (including phenoxy) is 2. The van der Waals surface area contributed by atoms with Gasteiger partial charge in [0.25, 0.3) is 5.56 Å². The molecule has 0 atom stereocenters. The van der Waals surface area contributed by atoms with Crippen LogP contribution in [0.25, 0.3) is 21.9 Å². The zero-order valence-electron chi connectivity index (χ0n) is 15.0. The summed E-state index contributed by atoms with van der Waals surface area (Å²) in [7, 11) is 3.26. The van der Waals surface area contributed by atoms with Crippen LogP contribution in [0.1, 0.15) is 29.6 Å². The SMILES string of the molecule is CCc1cc2c(=O)n3c(nc2s1)/C(=C/c1cccc(OC)c1OC)CC3. The van der Waals surface area contributed by atoms with Crippen molar-refractivity contribution in [2.24, 2.45) is 0 Å². The van der Waals surface area contributed by atoms with Crippen molar-refractivity contribution in [3.8, 4) is 11.5 Å². The summed E-state index contributed by atoms with van der Waals surface area (Å²) < 4.78 is 12.7. The first-order valence-electron chi connectivity index (χ1n) is 8.61. The van der Waals surface area contributed by atoms with E-state index in [2.05, 4.69) is 6.92 Å². The van der Waals surface area contributed by atoms with Crippen molar-refractivity contribution in [2.45, 2.75) is 26.3 Å². The third kappa shape index (κ3) is 2.61. The molecule has 1 aliphatic rings. The number of methoxy groups -OCH3 is 2. The Hall–Kier alpha value is -2.60. The lowest BCUT2D eigenvalue weighted by Gasteiger charge is -2.10. The Morgan fingerprint density at radius 1 is 1.31 bits per heavy atom. The van der Waals surface area contributed by atoms with E-state index in [1.54, 1.807) is 30.1 Å². The van der Waals surface area contributed by atoms with E-state index in [9.17, 15) is 4.79 Å². The molecule has 0 N–H and O–H groups in total. The summed E-state index contributed by atoms with van der Waals surface area (Å²) in [5.74, 6) is 2.14. The van der Waals surface area contributed by atoms with Crippen LogP contribution in [0.3, 0.4) is 0 Å². The van der Waals surface area contributed by atoms with E-state index >= 15 is 0 Å². The average molecular weight is 368 g/mol. The number of fused-ring (bicyclic) bond motifs is 2. The second kappa shape index (κ2) is 6.61. The first-order chi connectivity index (χ1) is 12.7. The molecule has 0 radical (unpaired) electrons. The van der Waals surface area contributed by atoms with Gasteiger partial charge in [0.15, 0.2) is 11.5 Å². The van der Waals surface area contributed by atoms with Gasteiger partial charge in [-0.1, -0.05) is 19.1 Å². The summed E-state index contributed by atoms with van der Waals surface area (Å²) in [5, 5.41) is 0.732. The molecule has 6 heteroatoms. The standard InChI is InChI=1S/C20H20N2O3S/c1-4-14-11-15-19(26-14)21-18-13(8-9-22(18)20(15)23)10-12-6-5-7-16(24-2)17(12)25-3/h5-7,10-11H,4,8-9H2,1-3H3/b13-10+. The molecular formula is C20H20N2O3S. The van der Waals surface area contributed by atoms with E-state index in [0.29, 0.717) is 18.0 Å². The topological polar surface area (TPSA) is 53.4 Å². The molecule has 0 bridgehead atoms. The maximum absolute atomic E-state index is 12.8. The summed E-state index contributed by atoms with van der Waals surface area (Å²) in [6.07, 6.45) is 3.74. The Morgan fingerprint density at radius 3 is 2.88 bits per heavy atom. The number of rotatable bonds is 4. The molecule has 0 saturated heterocycles. The lowest BCUT2D eigenvalue weighted by molar-refractivity contribution is 0.354. The molecule has 4 rings (SSSR count). The number of aryl methyl sites for hydroxylation is 1. The quantitative estimate of drug-likeness (QED) is 0.699. The number of allylic oxidation sites excluding steroid dienone is 1. The highest BCUT2D eigenvalue weighted by atomic mass is 32.1. The minimum Gasteiger partial charge on any atom is -0.493 e. The molecule has 0 spiro atoms. The van der Waals surface area contributed by atoms with Crippen molar-refractivity contribution < 1.29 is 9.47 Å². The second-order valence-corrected chi connectivity index (χ2v) is 7.29. The number of thiophene rings is 1.